The fourth-order valence-corrected chi connectivity index (χ4v) is 2.74. The number of hydrogen-bond donors (Lipinski definition) is 2. The Kier molecular flexibility index (Phi) is 8.89. The average molecular weight is 320 g/mol. The number of ether oxygens (including phenoxy) is 1. The molecule has 0 saturated heterocycles. The van der Waals surface area contributed by atoms with Gasteiger partial charge in [-0.3, -0.25) is 4.79 Å². The van der Waals surface area contributed by atoms with Crippen LogP contribution in [0.3, 0.4) is 0 Å². The third-order valence-corrected chi connectivity index (χ3v) is 3.85. The fourth-order valence-electron chi connectivity index (χ4n) is 2.74. The Balaban J connectivity index is 2.59. The van der Waals surface area contributed by atoms with Crippen LogP contribution in [0, 0.1) is 5.92 Å². The number of rotatable bonds is 10. The van der Waals surface area contributed by atoms with Crippen LogP contribution in [0.25, 0.3) is 0 Å². The molecule has 0 aliphatic heterocycles. The maximum atomic E-state index is 12.0. The minimum absolute atomic E-state index is 0.00260. The molecule has 0 fully saturated rings. The first-order valence-corrected chi connectivity index (χ1v) is 8.58. The van der Waals surface area contributed by atoms with E-state index >= 15 is 0 Å². The molecular formula is C19H32N2O2. The standard InChI is InChI=1S/C19H32N2O2/c1-6-7-16-8-10-17(11-9-16)19(14(2)3)20-12-18(22)21-15(4)13-23-5/h8-11,14-15,19-20H,6-7,12-13H2,1-5H3,(H,21,22). The third kappa shape index (κ3) is 7.14. The van der Waals surface area contributed by atoms with Crippen molar-refractivity contribution in [1.29, 1.82) is 0 Å². The van der Waals surface area contributed by atoms with E-state index < -0.39 is 0 Å². The maximum absolute atomic E-state index is 12.0. The molecule has 0 radical (unpaired) electrons. The number of hydrogen-bond acceptors (Lipinski definition) is 3. The number of aryl methyl sites for hydroxylation is 1. The van der Waals surface area contributed by atoms with Crippen LogP contribution in [-0.4, -0.2) is 32.2 Å². The smallest absolute Gasteiger partial charge is 0.234 e. The van der Waals surface area contributed by atoms with Gasteiger partial charge in [0, 0.05) is 19.2 Å². The lowest BCUT2D eigenvalue weighted by atomic mass is 9.94. The highest BCUT2D eigenvalue weighted by Gasteiger charge is 2.17. The predicted molar refractivity (Wildman–Crippen MR) is 95.5 cm³/mol. The van der Waals surface area contributed by atoms with E-state index in [1.807, 2.05) is 6.92 Å². The molecule has 1 rings (SSSR count). The van der Waals surface area contributed by atoms with Crippen molar-refractivity contribution in [2.24, 2.45) is 5.92 Å². The normalized spacial score (nSPS) is 13.8. The van der Waals surface area contributed by atoms with Gasteiger partial charge in [0.15, 0.2) is 0 Å². The second-order valence-electron chi connectivity index (χ2n) is 6.52. The predicted octanol–water partition coefficient (Wildman–Crippen LogP) is 3.08. The summed E-state index contributed by atoms with van der Waals surface area (Å²) in [6.07, 6.45) is 2.27. The van der Waals surface area contributed by atoms with E-state index in [9.17, 15) is 4.79 Å². The quantitative estimate of drug-likeness (QED) is 0.696. The molecule has 23 heavy (non-hydrogen) atoms. The average Bonchev–Trinajstić information content (AvgIpc) is 2.49. The SMILES string of the molecule is CCCc1ccc(C(NCC(=O)NC(C)COC)C(C)C)cc1. The van der Waals surface area contributed by atoms with Crippen LogP contribution < -0.4 is 10.6 Å². The molecular weight excluding hydrogens is 288 g/mol. The van der Waals surface area contributed by atoms with Gasteiger partial charge in [0.2, 0.25) is 5.91 Å². The molecule has 1 aromatic rings. The van der Waals surface area contributed by atoms with E-state index in [1.165, 1.54) is 11.1 Å². The Morgan fingerprint density at radius 3 is 2.35 bits per heavy atom. The van der Waals surface area contributed by atoms with Gasteiger partial charge < -0.3 is 15.4 Å². The van der Waals surface area contributed by atoms with Gasteiger partial charge in [-0.05, 0) is 30.4 Å². The zero-order valence-electron chi connectivity index (χ0n) is 15.2. The highest BCUT2D eigenvalue weighted by atomic mass is 16.5. The van der Waals surface area contributed by atoms with E-state index in [2.05, 4.69) is 55.7 Å². The topological polar surface area (TPSA) is 50.4 Å². The molecule has 4 nitrogen and oxygen atoms in total. The van der Waals surface area contributed by atoms with Crippen LogP contribution in [0.4, 0.5) is 0 Å². The summed E-state index contributed by atoms with van der Waals surface area (Å²) in [6.45, 7) is 9.31. The second kappa shape index (κ2) is 10.4. The van der Waals surface area contributed by atoms with Crippen LogP contribution in [0.5, 0.6) is 0 Å². The lowest BCUT2D eigenvalue weighted by molar-refractivity contribution is -0.121. The van der Waals surface area contributed by atoms with E-state index in [0.717, 1.165) is 12.8 Å². The first-order chi connectivity index (χ1) is 11.0. The van der Waals surface area contributed by atoms with Gasteiger partial charge in [-0.15, -0.1) is 0 Å². The number of amides is 1. The molecule has 4 heteroatoms. The van der Waals surface area contributed by atoms with Crippen molar-refractivity contribution in [2.75, 3.05) is 20.3 Å². The van der Waals surface area contributed by atoms with Crippen molar-refractivity contribution in [3.63, 3.8) is 0 Å². The summed E-state index contributed by atoms with van der Waals surface area (Å²) in [5, 5.41) is 6.31. The monoisotopic (exact) mass is 320 g/mol. The van der Waals surface area contributed by atoms with Gasteiger partial charge in [-0.1, -0.05) is 51.5 Å². The zero-order chi connectivity index (χ0) is 17.2. The molecule has 2 atom stereocenters. The number of methoxy groups -OCH3 is 1. The van der Waals surface area contributed by atoms with Gasteiger partial charge in [0.25, 0.3) is 0 Å². The molecule has 0 aromatic heterocycles. The van der Waals surface area contributed by atoms with Crippen molar-refractivity contribution < 1.29 is 9.53 Å². The fraction of sp³-hybridized carbons (Fsp3) is 0.632. The van der Waals surface area contributed by atoms with E-state index in [-0.39, 0.29) is 18.0 Å². The summed E-state index contributed by atoms with van der Waals surface area (Å²) >= 11 is 0. The lowest BCUT2D eigenvalue weighted by Gasteiger charge is -2.23. The molecule has 0 saturated carbocycles. The Morgan fingerprint density at radius 2 is 1.83 bits per heavy atom. The Hall–Kier alpha value is -1.39. The minimum Gasteiger partial charge on any atom is -0.383 e. The highest BCUT2D eigenvalue weighted by Crippen LogP contribution is 2.22. The molecule has 2 unspecified atom stereocenters. The lowest BCUT2D eigenvalue weighted by Crippen LogP contribution is -2.42. The number of benzene rings is 1. The van der Waals surface area contributed by atoms with Crippen molar-refractivity contribution in [2.45, 2.75) is 52.6 Å². The summed E-state index contributed by atoms with van der Waals surface area (Å²) in [5.41, 5.74) is 2.60. The van der Waals surface area contributed by atoms with E-state index in [0.29, 0.717) is 19.1 Å². The molecule has 1 amide bonds. The van der Waals surface area contributed by atoms with Crippen LogP contribution in [0.1, 0.15) is 51.3 Å². The van der Waals surface area contributed by atoms with Crippen LogP contribution in [0.15, 0.2) is 24.3 Å². The summed E-state index contributed by atoms with van der Waals surface area (Å²) in [4.78, 5) is 12.0. The van der Waals surface area contributed by atoms with Gasteiger partial charge in [0.1, 0.15) is 0 Å². The van der Waals surface area contributed by atoms with Gasteiger partial charge in [0.05, 0.1) is 13.2 Å². The van der Waals surface area contributed by atoms with Crippen LogP contribution in [0.2, 0.25) is 0 Å². The van der Waals surface area contributed by atoms with Crippen LogP contribution >= 0.6 is 0 Å². The number of nitrogens with one attached hydrogen (secondary N) is 2. The van der Waals surface area contributed by atoms with Crippen molar-refractivity contribution in [1.82, 2.24) is 10.6 Å². The van der Waals surface area contributed by atoms with Crippen LogP contribution in [-0.2, 0) is 16.0 Å². The molecule has 0 aliphatic carbocycles. The van der Waals surface area contributed by atoms with Gasteiger partial charge in [-0.25, -0.2) is 0 Å². The molecule has 1 aromatic carbocycles. The van der Waals surface area contributed by atoms with Gasteiger partial charge in [-0.2, -0.15) is 0 Å². The number of carbonyl (C=O) groups excluding carboxylic acids is 1. The van der Waals surface area contributed by atoms with Gasteiger partial charge >= 0.3 is 0 Å². The Morgan fingerprint density at radius 1 is 1.17 bits per heavy atom. The highest BCUT2D eigenvalue weighted by molar-refractivity contribution is 5.78. The summed E-state index contributed by atoms with van der Waals surface area (Å²) in [5.74, 6) is 0.416. The van der Waals surface area contributed by atoms with E-state index in [1.54, 1.807) is 7.11 Å². The summed E-state index contributed by atoms with van der Waals surface area (Å²) in [6, 6.07) is 8.93. The minimum atomic E-state index is 0.00260. The van der Waals surface area contributed by atoms with Crippen molar-refractivity contribution >= 4 is 5.91 Å². The third-order valence-electron chi connectivity index (χ3n) is 3.85. The summed E-state index contributed by atoms with van der Waals surface area (Å²) < 4.78 is 5.03. The van der Waals surface area contributed by atoms with E-state index in [4.69, 9.17) is 4.74 Å². The molecule has 0 aliphatic rings. The maximum Gasteiger partial charge on any atom is 0.234 e. The first kappa shape index (κ1) is 19.7. The largest absolute Gasteiger partial charge is 0.383 e. The summed E-state index contributed by atoms with van der Waals surface area (Å²) in [7, 11) is 1.64. The second-order valence-corrected chi connectivity index (χ2v) is 6.52. The van der Waals surface area contributed by atoms with Crippen molar-refractivity contribution in [3.05, 3.63) is 35.4 Å². The molecule has 0 heterocycles. The first-order valence-electron chi connectivity index (χ1n) is 8.58. The number of carbonyl (C=O) groups is 1. The Bertz CT molecular complexity index is 457. The zero-order valence-corrected chi connectivity index (χ0v) is 15.2. The van der Waals surface area contributed by atoms with Crippen molar-refractivity contribution in [3.8, 4) is 0 Å². The molecule has 130 valence electrons. The Labute approximate surface area is 141 Å². The molecule has 2 N–H and O–H groups in total. The molecule has 0 spiro atoms. The molecule has 0 bridgehead atoms.